The molecule has 1 aromatic carbocycles. The second-order valence-corrected chi connectivity index (χ2v) is 7.62. The maximum atomic E-state index is 5.68. The highest BCUT2D eigenvalue weighted by Gasteiger charge is 2.36. The van der Waals surface area contributed by atoms with Gasteiger partial charge in [-0.2, -0.15) is 0 Å². The van der Waals surface area contributed by atoms with Gasteiger partial charge in [0.05, 0.1) is 13.2 Å². The average molecular weight is 290 g/mol. The zero-order valence-corrected chi connectivity index (χ0v) is 14.1. The van der Waals surface area contributed by atoms with Crippen molar-refractivity contribution in [2.75, 3.05) is 26.3 Å². The molecule has 0 aromatic heterocycles. The predicted molar refractivity (Wildman–Crippen MR) is 88.5 cm³/mol. The van der Waals surface area contributed by atoms with Crippen molar-refractivity contribution >= 4 is 0 Å². The lowest BCUT2D eigenvalue weighted by Gasteiger charge is -2.47. The minimum Gasteiger partial charge on any atom is -0.378 e. The Morgan fingerprint density at radius 3 is 2.48 bits per heavy atom. The van der Waals surface area contributed by atoms with Crippen molar-refractivity contribution in [1.82, 2.24) is 10.2 Å². The van der Waals surface area contributed by atoms with Gasteiger partial charge in [-0.25, -0.2) is 0 Å². The standard InChI is InChI=1S/C18H30N2O/c1-17(2,3)19-13-16(15-9-7-6-8-10-15)20-11-12-21-14-18(20,4)5/h6-10,16,19H,11-14H2,1-5H3. The molecular weight excluding hydrogens is 260 g/mol. The van der Waals surface area contributed by atoms with Crippen molar-refractivity contribution in [2.45, 2.75) is 51.7 Å². The van der Waals surface area contributed by atoms with Gasteiger partial charge in [-0.1, -0.05) is 30.3 Å². The van der Waals surface area contributed by atoms with Crippen LogP contribution >= 0.6 is 0 Å². The smallest absolute Gasteiger partial charge is 0.0645 e. The van der Waals surface area contributed by atoms with E-state index in [4.69, 9.17) is 4.74 Å². The fourth-order valence-electron chi connectivity index (χ4n) is 2.93. The van der Waals surface area contributed by atoms with E-state index >= 15 is 0 Å². The van der Waals surface area contributed by atoms with Crippen LogP contribution in [-0.4, -0.2) is 42.3 Å². The van der Waals surface area contributed by atoms with E-state index in [2.05, 4.69) is 75.2 Å². The Morgan fingerprint density at radius 1 is 1.24 bits per heavy atom. The molecule has 118 valence electrons. The number of hydrogen-bond donors (Lipinski definition) is 1. The van der Waals surface area contributed by atoms with Gasteiger partial charge in [-0.3, -0.25) is 4.90 Å². The average Bonchev–Trinajstić information content (AvgIpc) is 2.40. The molecule has 1 aliphatic rings. The van der Waals surface area contributed by atoms with Crippen LogP contribution in [0.25, 0.3) is 0 Å². The first-order valence-corrected chi connectivity index (χ1v) is 7.94. The molecule has 1 heterocycles. The lowest BCUT2D eigenvalue weighted by atomic mass is 9.95. The van der Waals surface area contributed by atoms with E-state index in [1.54, 1.807) is 0 Å². The van der Waals surface area contributed by atoms with E-state index in [0.29, 0.717) is 6.04 Å². The molecule has 0 amide bonds. The van der Waals surface area contributed by atoms with Crippen molar-refractivity contribution in [2.24, 2.45) is 0 Å². The van der Waals surface area contributed by atoms with Crippen LogP contribution in [0.1, 0.15) is 46.2 Å². The molecular formula is C18H30N2O. The molecule has 0 radical (unpaired) electrons. The molecule has 21 heavy (non-hydrogen) atoms. The van der Waals surface area contributed by atoms with E-state index in [1.165, 1.54) is 5.56 Å². The molecule has 1 fully saturated rings. The van der Waals surface area contributed by atoms with Gasteiger partial charge in [0.2, 0.25) is 0 Å². The van der Waals surface area contributed by atoms with Crippen molar-refractivity contribution in [3.8, 4) is 0 Å². The molecule has 1 saturated heterocycles. The third-order valence-electron chi connectivity index (χ3n) is 4.10. The van der Waals surface area contributed by atoms with Crippen LogP contribution < -0.4 is 5.32 Å². The number of nitrogens with zero attached hydrogens (tertiary/aromatic N) is 1. The monoisotopic (exact) mass is 290 g/mol. The van der Waals surface area contributed by atoms with Gasteiger partial charge in [-0.05, 0) is 40.2 Å². The van der Waals surface area contributed by atoms with E-state index in [0.717, 1.165) is 26.3 Å². The van der Waals surface area contributed by atoms with Gasteiger partial charge in [0, 0.05) is 30.2 Å². The van der Waals surface area contributed by atoms with Crippen molar-refractivity contribution in [3.05, 3.63) is 35.9 Å². The molecule has 0 saturated carbocycles. The summed E-state index contributed by atoms with van der Waals surface area (Å²) in [5.74, 6) is 0. The second-order valence-electron chi connectivity index (χ2n) is 7.62. The summed E-state index contributed by atoms with van der Waals surface area (Å²) in [6.45, 7) is 14.8. The molecule has 1 N–H and O–H groups in total. The lowest BCUT2D eigenvalue weighted by molar-refractivity contribution is -0.0733. The highest BCUT2D eigenvalue weighted by atomic mass is 16.5. The van der Waals surface area contributed by atoms with E-state index in [1.807, 2.05) is 0 Å². The minimum atomic E-state index is 0.0678. The number of benzene rings is 1. The number of hydrogen-bond acceptors (Lipinski definition) is 3. The molecule has 1 aliphatic heterocycles. The van der Waals surface area contributed by atoms with Gasteiger partial charge < -0.3 is 10.1 Å². The maximum Gasteiger partial charge on any atom is 0.0645 e. The minimum absolute atomic E-state index is 0.0678. The first-order chi connectivity index (χ1) is 9.80. The summed E-state index contributed by atoms with van der Waals surface area (Å²) >= 11 is 0. The van der Waals surface area contributed by atoms with Gasteiger partial charge in [0.15, 0.2) is 0 Å². The maximum absolute atomic E-state index is 5.68. The Labute approximate surface area is 129 Å². The first kappa shape index (κ1) is 16.5. The van der Waals surface area contributed by atoms with E-state index < -0.39 is 0 Å². The topological polar surface area (TPSA) is 24.5 Å². The van der Waals surface area contributed by atoms with Crippen LogP contribution in [0.15, 0.2) is 30.3 Å². The van der Waals surface area contributed by atoms with Crippen molar-refractivity contribution < 1.29 is 4.74 Å². The van der Waals surface area contributed by atoms with Crippen molar-refractivity contribution in [3.63, 3.8) is 0 Å². The summed E-state index contributed by atoms with van der Waals surface area (Å²) in [7, 11) is 0. The van der Waals surface area contributed by atoms with E-state index in [-0.39, 0.29) is 11.1 Å². The second kappa shape index (κ2) is 6.47. The molecule has 0 bridgehead atoms. The predicted octanol–water partition coefficient (Wildman–Crippen LogP) is 3.23. The third-order valence-corrected chi connectivity index (χ3v) is 4.10. The van der Waals surface area contributed by atoms with Gasteiger partial charge in [0.1, 0.15) is 0 Å². The largest absolute Gasteiger partial charge is 0.378 e. The molecule has 1 unspecified atom stereocenters. The fraction of sp³-hybridized carbons (Fsp3) is 0.667. The number of rotatable bonds is 4. The summed E-state index contributed by atoms with van der Waals surface area (Å²) < 4.78 is 5.68. The van der Waals surface area contributed by atoms with Crippen LogP contribution in [0.4, 0.5) is 0 Å². The van der Waals surface area contributed by atoms with Crippen LogP contribution in [-0.2, 0) is 4.74 Å². The number of ether oxygens (including phenoxy) is 1. The number of nitrogens with one attached hydrogen (secondary N) is 1. The highest BCUT2D eigenvalue weighted by Crippen LogP contribution is 2.30. The molecule has 3 heteroatoms. The van der Waals surface area contributed by atoms with Gasteiger partial charge in [-0.15, -0.1) is 0 Å². The Kier molecular flexibility index (Phi) is 5.07. The molecule has 0 spiro atoms. The fourth-order valence-corrected chi connectivity index (χ4v) is 2.93. The molecule has 2 rings (SSSR count). The van der Waals surface area contributed by atoms with Crippen LogP contribution in [0, 0.1) is 0 Å². The van der Waals surface area contributed by atoms with Crippen LogP contribution in [0.3, 0.4) is 0 Å². The van der Waals surface area contributed by atoms with Crippen LogP contribution in [0.2, 0.25) is 0 Å². The first-order valence-electron chi connectivity index (χ1n) is 7.94. The molecule has 0 aliphatic carbocycles. The molecule has 1 aromatic rings. The zero-order valence-electron chi connectivity index (χ0n) is 14.1. The van der Waals surface area contributed by atoms with Crippen molar-refractivity contribution in [1.29, 1.82) is 0 Å². The Hall–Kier alpha value is -0.900. The summed E-state index contributed by atoms with van der Waals surface area (Å²) in [4.78, 5) is 2.59. The lowest BCUT2D eigenvalue weighted by Crippen LogP contribution is -2.56. The number of morpholine rings is 1. The Balaban J connectivity index is 2.23. The Morgan fingerprint density at radius 2 is 1.90 bits per heavy atom. The summed E-state index contributed by atoms with van der Waals surface area (Å²) in [6, 6.07) is 11.2. The van der Waals surface area contributed by atoms with Gasteiger partial charge >= 0.3 is 0 Å². The summed E-state index contributed by atoms with van der Waals surface area (Å²) in [5.41, 5.74) is 1.58. The van der Waals surface area contributed by atoms with Crippen LogP contribution in [0.5, 0.6) is 0 Å². The Bertz CT molecular complexity index is 436. The quantitative estimate of drug-likeness (QED) is 0.921. The van der Waals surface area contributed by atoms with Gasteiger partial charge in [0.25, 0.3) is 0 Å². The molecule has 1 atom stereocenters. The third kappa shape index (κ3) is 4.53. The van der Waals surface area contributed by atoms with E-state index in [9.17, 15) is 0 Å². The summed E-state index contributed by atoms with van der Waals surface area (Å²) in [6.07, 6.45) is 0. The highest BCUT2D eigenvalue weighted by molar-refractivity contribution is 5.20. The zero-order chi connectivity index (χ0) is 15.5. The normalized spacial score (nSPS) is 21.2. The summed E-state index contributed by atoms with van der Waals surface area (Å²) in [5, 5.41) is 3.67. The molecule has 3 nitrogen and oxygen atoms in total. The SMILES string of the molecule is CC(C)(C)NCC(c1ccccc1)N1CCOCC1(C)C.